The summed E-state index contributed by atoms with van der Waals surface area (Å²) in [5, 5.41) is 2.89. The van der Waals surface area contributed by atoms with Gasteiger partial charge in [0.05, 0.1) is 28.5 Å². The fraction of sp³-hybridized carbons (Fsp3) is 0.267. The van der Waals surface area contributed by atoms with Gasteiger partial charge in [-0.05, 0) is 31.0 Å². The third-order valence-corrected chi connectivity index (χ3v) is 5.53. The number of nitrogens with one attached hydrogen (secondary N) is 1. The van der Waals surface area contributed by atoms with Crippen LogP contribution in [0.1, 0.15) is 34.1 Å². The average Bonchev–Trinajstić information content (AvgIpc) is 2.89. The Morgan fingerprint density at radius 2 is 2.05 bits per heavy atom. The lowest BCUT2D eigenvalue weighted by atomic mass is 10.0. The van der Waals surface area contributed by atoms with Gasteiger partial charge in [0.15, 0.2) is 9.84 Å². The Hall–Kier alpha value is -2.08. The molecule has 0 fully saturated rings. The highest BCUT2D eigenvalue weighted by Gasteiger charge is 2.31. The Morgan fingerprint density at radius 1 is 1.29 bits per heavy atom. The van der Waals surface area contributed by atoms with Gasteiger partial charge in [-0.15, -0.1) is 0 Å². The van der Waals surface area contributed by atoms with Crippen molar-refractivity contribution in [2.24, 2.45) is 0 Å². The number of furan rings is 1. The van der Waals surface area contributed by atoms with Gasteiger partial charge in [-0.1, -0.05) is 18.2 Å². The van der Waals surface area contributed by atoms with Crippen molar-refractivity contribution in [3.05, 3.63) is 53.5 Å². The predicted octanol–water partition coefficient (Wildman–Crippen LogP) is 2.24. The van der Waals surface area contributed by atoms with E-state index in [9.17, 15) is 13.2 Å². The maximum absolute atomic E-state index is 12.2. The standard InChI is InChI=1S/C15H15NO4S/c1-10-11(6-8-20-10)15(17)16-13-7-9-21(18,19)14-5-3-2-4-12(13)14/h2-6,8,13H,7,9H2,1H3,(H,16,17). The van der Waals surface area contributed by atoms with Gasteiger partial charge >= 0.3 is 0 Å². The third-order valence-electron chi connectivity index (χ3n) is 3.71. The van der Waals surface area contributed by atoms with Gasteiger partial charge in [0.1, 0.15) is 5.76 Å². The number of carbonyl (C=O) groups is 1. The van der Waals surface area contributed by atoms with E-state index < -0.39 is 9.84 Å². The topological polar surface area (TPSA) is 76.4 Å². The molecule has 1 aromatic heterocycles. The molecule has 1 aliphatic rings. The lowest BCUT2D eigenvalue weighted by molar-refractivity contribution is 0.0933. The van der Waals surface area contributed by atoms with E-state index in [0.29, 0.717) is 28.2 Å². The van der Waals surface area contributed by atoms with Gasteiger partial charge in [-0.2, -0.15) is 0 Å². The Bertz CT molecular complexity index is 792. The minimum absolute atomic E-state index is 0.0410. The Morgan fingerprint density at radius 3 is 2.76 bits per heavy atom. The molecule has 0 bridgehead atoms. The van der Waals surface area contributed by atoms with Crippen LogP contribution in [-0.4, -0.2) is 20.1 Å². The molecule has 6 heteroatoms. The van der Waals surface area contributed by atoms with Gasteiger partial charge in [0.2, 0.25) is 0 Å². The Labute approximate surface area is 122 Å². The number of hydrogen-bond acceptors (Lipinski definition) is 4. The van der Waals surface area contributed by atoms with E-state index in [0.717, 1.165) is 0 Å². The van der Waals surface area contributed by atoms with Crippen LogP contribution in [0.4, 0.5) is 0 Å². The van der Waals surface area contributed by atoms with Crippen molar-refractivity contribution in [3.63, 3.8) is 0 Å². The maximum atomic E-state index is 12.2. The minimum Gasteiger partial charge on any atom is -0.469 e. The summed E-state index contributed by atoms with van der Waals surface area (Å²) in [7, 11) is -3.24. The molecule has 2 aromatic rings. The van der Waals surface area contributed by atoms with Crippen LogP contribution in [0.25, 0.3) is 0 Å². The van der Waals surface area contributed by atoms with Crippen LogP contribution < -0.4 is 5.32 Å². The summed E-state index contributed by atoms with van der Waals surface area (Å²) in [5.74, 6) is 0.337. The average molecular weight is 305 g/mol. The molecular formula is C15H15NO4S. The molecule has 2 heterocycles. The molecule has 1 aliphatic heterocycles. The molecule has 0 saturated heterocycles. The largest absolute Gasteiger partial charge is 0.469 e. The second-order valence-corrected chi connectivity index (χ2v) is 7.14. The van der Waals surface area contributed by atoms with Crippen molar-refractivity contribution in [3.8, 4) is 0 Å². The van der Waals surface area contributed by atoms with Crippen molar-refractivity contribution >= 4 is 15.7 Å². The van der Waals surface area contributed by atoms with E-state index >= 15 is 0 Å². The molecule has 21 heavy (non-hydrogen) atoms. The van der Waals surface area contributed by atoms with Gasteiger partial charge in [0.25, 0.3) is 5.91 Å². The van der Waals surface area contributed by atoms with Crippen molar-refractivity contribution in [2.45, 2.75) is 24.3 Å². The first-order valence-corrected chi connectivity index (χ1v) is 8.31. The molecule has 1 amide bonds. The van der Waals surface area contributed by atoms with Crippen LogP contribution >= 0.6 is 0 Å². The summed E-state index contributed by atoms with van der Waals surface area (Å²) >= 11 is 0. The monoisotopic (exact) mass is 305 g/mol. The molecule has 0 aliphatic carbocycles. The molecule has 0 spiro atoms. The number of carbonyl (C=O) groups excluding carboxylic acids is 1. The summed E-state index contributed by atoms with van der Waals surface area (Å²) in [5.41, 5.74) is 1.12. The van der Waals surface area contributed by atoms with Crippen LogP contribution in [-0.2, 0) is 9.84 Å². The molecule has 1 N–H and O–H groups in total. The van der Waals surface area contributed by atoms with Crippen molar-refractivity contribution in [1.29, 1.82) is 0 Å². The first-order valence-electron chi connectivity index (χ1n) is 6.66. The Balaban J connectivity index is 1.91. The van der Waals surface area contributed by atoms with E-state index in [1.54, 1.807) is 37.3 Å². The molecule has 3 rings (SSSR count). The van der Waals surface area contributed by atoms with Crippen molar-refractivity contribution in [1.82, 2.24) is 5.32 Å². The van der Waals surface area contributed by atoms with Gasteiger partial charge < -0.3 is 9.73 Å². The first kappa shape index (κ1) is 13.9. The number of hydrogen-bond donors (Lipinski definition) is 1. The van der Waals surface area contributed by atoms with Crippen molar-refractivity contribution < 1.29 is 17.6 Å². The molecule has 110 valence electrons. The summed E-state index contributed by atoms with van der Waals surface area (Å²) < 4.78 is 29.2. The van der Waals surface area contributed by atoms with E-state index in [2.05, 4.69) is 5.32 Å². The zero-order valence-electron chi connectivity index (χ0n) is 11.5. The van der Waals surface area contributed by atoms with Crippen LogP contribution in [0.2, 0.25) is 0 Å². The van der Waals surface area contributed by atoms with E-state index in [4.69, 9.17) is 4.42 Å². The fourth-order valence-corrected chi connectivity index (χ4v) is 4.22. The number of amides is 1. The highest BCUT2D eigenvalue weighted by molar-refractivity contribution is 7.91. The number of rotatable bonds is 2. The van der Waals surface area contributed by atoms with Gasteiger partial charge in [-0.3, -0.25) is 4.79 Å². The summed E-state index contributed by atoms with van der Waals surface area (Å²) in [6.07, 6.45) is 1.84. The van der Waals surface area contributed by atoms with Gasteiger partial charge in [-0.25, -0.2) is 8.42 Å². The van der Waals surface area contributed by atoms with Crippen LogP contribution in [0, 0.1) is 6.92 Å². The molecule has 1 atom stereocenters. The normalized spacial score (nSPS) is 19.8. The summed E-state index contributed by atoms with van der Waals surface area (Å²) in [6.45, 7) is 1.72. The highest BCUT2D eigenvalue weighted by atomic mass is 32.2. The van der Waals surface area contributed by atoms with Gasteiger partial charge in [0, 0.05) is 0 Å². The van der Waals surface area contributed by atoms with Crippen molar-refractivity contribution in [2.75, 3.05) is 5.75 Å². The molecule has 1 aromatic carbocycles. The zero-order valence-corrected chi connectivity index (χ0v) is 12.3. The van der Waals surface area contributed by atoms with Crippen LogP contribution in [0.5, 0.6) is 0 Å². The fourth-order valence-electron chi connectivity index (χ4n) is 2.60. The molecular weight excluding hydrogens is 290 g/mol. The second kappa shape index (κ2) is 5.04. The number of aryl methyl sites for hydroxylation is 1. The molecule has 5 nitrogen and oxygen atoms in total. The molecule has 1 unspecified atom stereocenters. The number of benzene rings is 1. The lowest BCUT2D eigenvalue weighted by Gasteiger charge is -2.26. The molecule has 0 saturated carbocycles. The smallest absolute Gasteiger partial charge is 0.255 e. The van der Waals surface area contributed by atoms with E-state index in [1.807, 2.05) is 0 Å². The quantitative estimate of drug-likeness (QED) is 0.923. The predicted molar refractivity (Wildman–Crippen MR) is 76.8 cm³/mol. The number of fused-ring (bicyclic) bond motifs is 1. The Kier molecular flexibility index (Phi) is 3.33. The highest BCUT2D eigenvalue weighted by Crippen LogP contribution is 2.32. The lowest BCUT2D eigenvalue weighted by Crippen LogP contribution is -2.34. The summed E-state index contributed by atoms with van der Waals surface area (Å²) in [4.78, 5) is 12.6. The third kappa shape index (κ3) is 2.47. The second-order valence-electron chi connectivity index (χ2n) is 5.06. The van der Waals surface area contributed by atoms with Crippen LogP contribution in [0.15, 0.2) is 45.9 Å². The first-order chi connectivity index (χ1) is 9.99. The number of sulfone groups is 1. The van der Waals surface area contributed by atoms with E-state index in [-0.39, 0.29) is 17.7 Å². The minimum atomic E-state index is -3.24. The van der Waals surface area contributed by atoms with E-state index in [1.165, 1.54) is 6.26 Å². The maximum Gasteiger partial charge on any atom is 0.255 e. The molecule has 0 radical (unpaired) electrons. The zero-order chi connectivity index (χ0) is 15.0. The van der Waals surface area contributed by atoms with Crippen LogP contribution in [0.3, 0.4) is 0 Å². The SMILES string of the molecule is Cc1occc1C(=O)NC1CCS(=O)(=O)c2ccccc21. The summed E-state index contributed by atoms with van der Waals surface area (Å²) in [6, 6.07) is 8.12.